The molecule has 40 heavy (non-hydrogen) atoms. The van der Waals surface area contributed by atoms with Gasteiger partial charge in [-0.15, -0.1) is 0 Å². The Morgan fingerprint density at radius 2 is 1.98 bits per heavy atom. The fourth-order valence-corrected chi connectivity index (χ4v) is 5.98. The summed E-state index contributed by atoms with van der Waals surface area (Å²) in [7, 11) is 1.40. The summed E-state index contributed by atoms with van der Waals surface area (Å²) in [5.41, 5.74) is 4.76. The fourth-order valence-electron chi connectivity index (χ4n) is 5.51. The van der Waals surface area contributed by atoms with Crippen LogP contribution in [0.1, 0.15) is 46.1 Å². The van der Waals surface area contributed by atoms with Crippen LogP contribution in [0.5, 0.6) is 5.75 Å². The number of carbonyl (C=O) groups is 1. The Morgan fingerprint density at radius 3 is 2.75 bits per heavy atom. The van der Waals surface area contributed by atoms with Crippen LogP contribution in [0.2, 0.25) is 10.0 Å². The second-order valence-corrected chi connectivity index (χ2v) is 11.3. The van der Waals surface area contributed by atoms with E-state index in [0.717, 1.165) is 68.0 Å². The van der Waals surface area contributed by atoms with Crippen LogP contribution in [0, 0.1) is 0 Å². The molecule has 9 heteroatoms. The Bertz CT molecular complexity index is 1530. The maximum Gasteiger partial charge on any atom is 0.337 e. The Kier molecular flexibility index (Phi) is 7.98. The number of rotatable bonds is 9. The van der Waals surface area contributed by atoms with E-state index in [0.29, 0.717) is 33.9 Å². The number of carbonyl (C=O) groups excluding carboxylic acids is 1. The van der Waals surface area contributed by atoms with Crippen LogP contribution < -0.4 is 4.74 Å². The molecule has 1 aromatic heterocycles. The molecule has 0 N–H and O–H groups in total. The Balaban J connectivity index is 1.15. The minimum atomic E-state index is -0.345. The summed E-state index contributed by atoms with van der Waals surface area (Å²) in [5.74, 6) is 1.70. The molecule has 0 aliphatic carbocycles. The minimum absolute atomic E-state index is 0.178. The molecule has 2 aliphatic heterocycles. The van der Waals surface area contributed by atoms with Crippen molar-refractivity contribution in [2.24, 2.45) is 0 Å². The smallest absolute Gasteiger partial charge is 0.337 e. The number of aromatic nitrogens is 2. The zero-order valence-electron chi connectivity index (χ0n) is 22.3. The van der Waals surface area contributed by atoms with Crippen molar-refractivity contribution in [1.82, 2.24) is 14.5 Å². The number of imidazole rings is 1. The molecule has 0 bridgehead atoms. The molecule has 6 rings (SSSR count). The highest BCUT2D eigenvalue weighted by Gasteiger charge is 2.27. The lowest BCUT2D eigenvalue weighted by molar-refractivity contribution is -0.0591. The highest BCUT2D eigenvalue weighted by Crippen LogP contribution is 2.31. The first-order valence-corrected chi connectivity index (χ1v) is 14.3. The summed E-state index contributed by atoms with van der Waals surface area (Å²) < 4.78 is 18.9. The summed E-state index contributed by atoms with van der Waals surface area (Å²) in [4.78, 5) is 19.6. The van der Waals surface area contributed by atoms with Crippen molar-refractivity contribution in [3.05, 3.63) is 93.2 Å². The van der Waals surface area contributed by atoms with Crippen LogP contribution in [-0.2, 0) is 29.2 Å². The van der Waals surface area contributed by atoms with Crippen molar-refractivity contribution in [1.29, 1.82) is 0 Å². The third-order valence-electron chi connectivity index (χ3n) is 7.78. The monoisotopic (exact) mass is 579 g/mol. The Morgan fingerprint density at radius 1 is 1.10 bits per heavy atom. The topological polar surface area (TPSA) is 65.8 Å². The number of nitrogens with zero attached hydrogens (tertiary/aromatic N) is 3. The van der Waals surface area contributed by atoms with Gasteiger partial charge in [-0.25, -0.2) is 9.78 Å². The van der Waals surface area contributed by atoms with Crippen LogP contribution in [0.3, 0.4) is 0 Å². The van der Waals surface area contributed by atoms with Crippen molar-refractivity contribution >= 4 is 40.2 Å². The number of halogens is 2. The van der Waals surface area contributed by atoms with Crippen LogP contribution in [0.25, 0.3) is 11.0 Å². The minimum Gasteiger partial charge on any atom is -0.487 e. The van der Waals surface area contributed by atoms with Gasteiger partial charge in [0, 0.05) is 18.2 Å². The van der Waals surface area contributed by atoms with Gasteiger partial charge in [0.25, 0.3) is 0 Å². The van der Waals surface area contributed by atoms with Gasteiger partial charge in [-0.05, 0) is 72.8 Å². The fraction of sp³-hybridized carbons (Fsp3) is 0.355. The molecule has 2 atom stereocenters. The predicted molar refractivity (Wildman–Crippen MR) is 155 cm³/mol. The van der Waals surface area contributed by atoms with Gasteiger partial charge in [0.05, 0.1) is 47.9 Å². The molecule has 4 aromatic rings. The first-order valence-electron chi connectivity index (χ1n) is 13.5. The standard InChI is InChI=1S/C31H31Cl2N3O4/c1-38-31(37)22-5-7-27-28(14-22)36(17-25-10-12-39-25)30(34-27)18-35-11-9-23(16-35)21-4-2-3-20(13-21)19-40-29-8-6-24(32)15-26(29)33/h2-8,13-15,23,25H,9-12,16-19H2,1H3/t23?,25-/m0/s1. The molecule has 3 aromatic carbocycles. The van der Waals surface area contributed by atoms with Gasteiger partial charge in [-0.2, -0.15) is 0 Å². The lowest BCUT2D eigenvalue weighted by Crippen LogP contribution is -2.32. The van der Waals surface area contributed by atoms with E-state index in [1.807, 2.05) is 12.1 Å². The number of ether oxygens (including phenoxy) is 3. The predicted octanol–water partition coefficient (Wildman–Crippen LogP) is 6.49. The molecule has 2 fully saturated rings. The molecule has 208 valence electrons. The van der Waals surface area contributed by atoms with E-state index in [1.54, 1.807) is 24.3 Å². The van der Waals surface area contributed by atoms with Gasteiger partial charge in [-0.3, -0.25) is 4.90 Å². The van der Waals surface area contributed by atoms with E-state index >= 15 is 0 Å². The molecular formula is C31H31Cl2N3O4. The van der Waals surface area contributed by atoms with Gasteiger partial charge in [0.1, 0.15) is 18.2 Å². The maximum atomic E-state index is 12.2. The van der Waals surface area contributed by atoms with Gasteiger partial charge < -0.3 is 18.8 Å². The third kappa shape index (κ3) is 5.84. The van der Waals surface area contributed by atoms with Crippen molar-refractivity contribution in [2.75, 3.05) is 26.8 Å². The molecule has 1 unspecified atom stereocenters. The lowest BCUT2D eigenvalue weighted by Gasteiger charge is -2.28. The maximum absolute atomic E-state index is 12.2. The summed E-state index contributed by atoms with van der Waals surface area (Å²) >= 11 is 12.3. The SMILES string of the molecule is COC(=O)c1ccc2nc(CN3CCC(c4cccc(COc5ccc(Cl)cc5Cl)c4)C3)n(C[C@@H]3CCO3)c2c1. The van der Waals surface area contributed by atoms with Crippen LogP contribution in [-0.4, -0.2) is 53.3 Å². The highest BCUT2D eigenvalue weighted by atomic mass is 35.5. The van der Waals surface area contributed by atoms with Crippen LogP contribution >= 0.6 is 23.2 Å². The Labute approximate surface area is 243 Å². The quantitative estimate of drug-likeness (QED) is 0.211. The molecular weight excluding hydrogens is 549 g/mol. The number of benzene rings is 3. The first kappa shape index (κ1) is 27.1. The average Bonchev–Trinajstić information content (AvgIpc) is 3.54. The van der Waals surface area contributed by atoms with Gasteiger partial charge in [-0.1, -0.05) is 47.5 Å². The zero-order chi connectivity index (χ0) is 27.6. The Hall–Kier alpha value is -3.10. The largest absolute Gasteiger partial charge is 0.487 e. The number of hydrogen-bond acceptors (Lipinski definition) is 6. The zero-order valence-corrected chi connectivity index (χ0v) is 23.8. The molecule has 2 aliphatic rings. The summed E-state index contributed by atoms with van der Waals surface area (Å²) in [5, 5.41) is 1.09. The van der Waals surface area contributed by atoms with E-state index in [1.165, 1.54) is 12.7 Å². The number of methoxy groups -OCH3 is 1. The second-order valence-electron chi connectivity index (χ2n) is 10.4. The second kappa shape index (κ2) is 11.8. The lowest BCUT2D eigenvalue weighted by atomic mass is 9.97. The number of hydrogen-bond donors (Lipinski definition) is 0. The van der Waals surface area contributed by atoms with Crippen molar-refractivity contribution in [3.8, 4) is 5.75 Å². The molecule has 0 saturated carbocycles. The molecule has 3 heterocycles. The average molecular weight is 581 g/mol. The van der Waals surface area contributed by atoms with E-state index in [2.05, 4.69) is 33.7 Å². The summed E-state index contributed by atoms with van der Waals surface area (Å²) in [6.45, 7) is 4.64. The normalized spacial score (nSPS) is 19.1. The summed E-state index contributed by atoms with van der Waals surface area (Å²) in [6, 6.07) is 19.4. The van der Waals surface area contributed by atoms with E-state index in [-0.39, 0.29) is 12.1 Å². The van der Waals surface area contributed by atoms with E-state index in [4.69, 9.17) is 42.4 Å². The molecule has 2 saturated heterocycles. The van der Waals surface area contributed by atoms with Crippen molar-refractivity contribution < 1.29 is 19.0 Å². The van der Waals surface area contributed by atoms with Gasteiger partial charge >= 0.3 is 5.97 Å². The molecule has 0 radical (unpaired) electrons. The van der Waals surface area contributed by atoms with Crippen LogP contribution in [0.15, 0.2) is 60.7 Å². The van der Waals surface area contributed by atoms with Gasteiger partial charge in [0.2, 0.25) is 0 Å². The molecule has 0 spiro atoms. The summed E-state index contributed by atoms with van der Waals surface area (Å²) in [6.07, 6.45) is 2.29. The van der Waals surface area contributed by atoms with Gasteiger partial charge in [0.15, 0.2) is 0 Å². The number of fused-ring (bicyclic) bond motifs is 1. The van der Waals surface area contributed by atoms with E-state index in [9.17, 15) is 4.79 Å². The molecule has 0 amide bonds. The third-order valence-corrected chi connectivity index (χ3v) is 8.31. The van der Waals surface area contributed by atoms with Crippen molar-refractivity contribution in [2.45, 2.75) is 44.6 Å². The highest BCUT2D eigenvalue weighted by molar-refractivity contribution is 6.35. The van der Waals surface area contributed by atoms with E-state index < -0.39 is 0 Å². The number of likely N-dealkylation sites (tertiary alicyclic amines) is 1. The van der Waals surface area contributed by atoms with Crippen LogP contribution in [0.4, 0.5) is 0 Å². The van der Waals surface area contributed by atoms with Crippen molar-refractivity contribution in [3.63, 3.8) is 0 Å². The molecule has 7 nitrogen and oxygen atoms in total. The number of esters is 1. The first-order chi connectivity index (χ1) is 19.5.